The Hall–Kier alpha value is -1.99. The van der Waals surface area contributed by atoms with Gasteiger partial charge in [-0.3, -0.25) is 9.59 Å². The molecular formula is C21H22BrFN2O3. The van der Waals surface area contributed by atoms with Crippen LogP contribution in [0.15, 0.2) is 46.2 Å². The molecule has 1 amide bonds. The zero-order valence-electron chi connectivity index (χ0n) is 15.5. The van der Waals surface area contributed by atoms with Gasteiger partial charge in [0.25, 0.3) is 0 Å². The van der Waals surface area contributed by atoms with E-state index in [1.54, 1.807) is 17.0 Å². The molecular weight excluding hydrogens is 427 g/mol. The van der Waals surface area contributed by atoms with E-state index in [2.05, 4.69) is 27.8 Å². The number of ketones is 1. The third-order valence-corrected chi connectivity index (χ3v) is 6.29. The quantitative estimate of drug-likeness (QED) is 0.753. The maximum atomic E-state index is 13.9. The summed E-state index contributed by atoms with van der Waals surface area (Å²) in [6.45, 7) is 6.15. The van der Waals surface area contributed by atoms with E-state index in [0.29, 0.717) is 48.5 Å². The van der Waals surface area contributed by atoms with Crippen LogP contribution in [0.2, 0.25) is 0 Å². The summed E-state index contributed by atoms with van der Waals surface area (Å²) in [6, 6.07) is 4.70. The molecule has 2 aliphatic heterocycles. The van der Waals surface area contributed by atoms with E-state index in [-0.39, 0.29) is 17.5 Å². The minimum Gasteiger partial charge on any atom is -0.378 e. The second-order valence-electron chi connectivity index (χ2n) is 7.39. The van der Waals surface area contributed by atoms with Gasteiger partial charge in [0, 0.05) is 42.4 Å². The van der Waals surface area contributed by atoms with Crippen LogP contribution in [-0.4, -0.2) is 42.9 Å². The number of nitrogens with one attached hydrogen (secondary N) is 1. The molecule has 4 rings (SSSR count). The molecule has 0 spiro atoms. The molecule has 5 nitrogen and oxygen atoms in total. The number of ether oxygens (including phenoxy) is 1. The van der Waals surface area contributed by atoms with E-state index in [1.165, 1.54) is 6.07 Å². The van der Waals surface area contributed by atoms with Crippen molar-refractivity contribution < 1.29 is 18.7 Å². The molecule has 2 atom stereocenters. The highest BCUT2D eigenvalue weighted by atomic mass is 79.9. The van der Waals surface area contributed by atoms with E-state index in [1.807, 2.05) is 0 Å². The van der Waals surface area contributed by atoms with Gasteiger partial charge in [-0.25, -0.2) is 4.39 Å². The number of carbonyl (C=O) groups is 2. The van der Waals surface area contributed by atoms with Crippen molar-refractivity contribution in [3.8, 4) is 0 Å². The fourth-order valence-electron chi connectivity index (χ4n) is 4.33. The number of carbonyl (C=O) groups excluding carboxylic acids is 2. The Morgan fingerprint density at radius 2 is 2.04 bits per heavy atom. The van der Waals surface area contributed by atoms with Crippen LogP contribution in [0.1, 0.15) is 30.7 Å². The highest BCUT2D eigenvalue weighted by Gasteiger charge is 2.44. The molecule has 1 fully saturated rings. The van der Waals surface area contributed by atoms with Gasteiger partial charge in [-0.05, 0) is 46.5 Å². The van der Waals surface area contributed by atoms with Crippen LogP contribution in [-0.2, 0) is 14.3 Å². The maximum Gasteiger partial charge on any atom is 0.232 e. The zero-order valence-corrected chi connectivity index (χ0v) is 17.1. The predicted molar refractivity (Wildman–Crippen MR) is 106 cm³/mol. The van der Waals surface area contributed by atoms with Crippen LogP contribution in [0.3, 0.4) is 0 Å². The van der Waals surface area contributed by atoms with Gasteiger partial charge in [0.15, 0.2) is 5.78 Å². The molecule has 1 aliphatic carbocycles. The summed E-state index contributed by atoms with van der Waals surface area (Å²) in [5.41, 5.74) is 2.82. The van der Waals surface area contributed by atoms with Crippen LogP contribution in [0.25, 0.3) is 0 Å². The number of morpholine rings is 1. The van der Waals surface area contributed by atoms with E-state index >= 15 is 0 Å². The zero-order chi connectivity index (χ0) is 19.8. The number of benzene rings is 1. The summed E-state index contributed by atoms with van der Waals surface area (Å²) in [6.07, 6.45) is 1.99. The molecule has 2 heterocycles. The van der Waals surface area contributed by atoms with Crippen molar-refractivity contribution in [3.05, 3.63) is 57.6 Å². The Balaban J connectivity index is 1.81. The number of allylic oxidation sites excluding steroid dienone is 2. The first-order chi connectivity index (χ1) is 13.5. The highest BCUT2D eigenvalue weighted by Crippen LogP contribution is 2.45. The minimum atomic E-state index is -0.615. The van der Waals surface area contributed by atoms with Gasteiger partial charge in [-0.2, -0.15) is 0 Å². The monoisotopic (exact) mass is 448 g/mol. The predicted octanol–water partition coefficient (Wildman–Crippen LogP) is 3.27. The lowest BCUT2D eigenvalue weighted by molar-refractivity contribution is -0.139. The second-order valence-corrected chi connectivity index (χ2v) is 8.24. The van der Waals surface area contributed by atoms with E-state index in [4.69, 9.17) is 4.74 Å². The fourth-order valence-corrected chi connectivity index (χ4v) is 4.73. The number of Topliss-reactive ketones (excluding diaryl/α,β-unsaturated/α-hetero) is 1. The first kappa shape index (κ1) is 19.3. The smallest absolute Gasteiger partial charge is 0.232 e. The maximum absolute atomic E-state index is 13.9. The molecule has 148 valence electrons. The summed E-state index contributed by atoms with van der Waals surface area (Å²) in [7, 11) is 0. The van der Waals surface area contributed by atoms with Gasteiger partial charge >= 0.3 is 0 Å². The second kappa shape index (κ2) is 7.79. The topological polar surface area (TPSA) is 58.6 Å². The normalized spacial score (nSPS) is 25.4. The van der Waals surface area contributed by atoms with Crippen LogP contribution >= 0.6 is 15.9 Å². The molecule has 1 aromatic carbocycles. The summed E-state index contributed by atoms with van der Waals surface area (Å²) in [4.78, 5) is 28.1. The van der Waals surface area contributed by atoms with Crippen molar-refractivity contribution in [1.29, 1.82) is 0 Å². The van der Waals surface area contributed by atoms with Crippen LogP contribution in [0.5, 0.6) is 0 Å². The Bertz CT molecular complexity index is 876. The van der Waals surface area contributed by atoms with Gasteiger partial charge in [0.05, 0.1) is 23.6 Å². The standard InChI is InChI=1S/C21H22BrFN2O3/c1-12-18(21(27)25-7-9-28-10-8-25)19(13-5-6-15(23)14(22)11-13)20-16(24-12)3-2-4-17(20)26/h5-6,11,18-19,24H,1-4,7-10H2. The Labute approximate surface area is 171 Å². The van der Waals surface area contributed by atoms with Crippen molar-refractivity contribution in [3.63, 3.8) is 0 Å². The molecule has 0 saturated carbocycles. The molecule has 1 saturated heterocycles. The molecule has 0 radical (unpaired) electrons. The van der Waals surface area contributed by atoms with E-state index in [0.717, 1.165) is 24.1 Å². The molecule has 28 heavy (non-hydrogen) atoms. The number of nitrogens with zero attached hydrogens (tertiary/aromatic N) is 1. The number of hydrogen-bond acceptors (Lipinski definition) is 4. The Morgan fingerprint density at radius 1 is 1.29 bits per heavy atom. The number of amides is 1. The van der Waals surface area contributed by atoms with Gasteiger partial charge in [-0.15, -0.1) is 0 Å². The Kier molecular flexibility index (Phi) is 5.38. The third-order valence-electron chi connectivity index (χ3n) is 5.68. The Morgan fingerprint density at radius 3 is 2.75 bits per heavy atom. The third kappa shape index (κ3) is 3.42. The van der Waals surface area contributed by atoms with E-state index in [9.17, 15) is 14.0 Å². The number of halogens is 2. The SMILES string of the molecule is C=C1NC2=C(C(=O)CCC2)C(c2ccc(F)c(Br)c2)C1C(=O)N1CCOCC1. The molecule has 2 unspecified atom stereocenters. The van der Waals surface area contributed by atoms with Crippen LogP contribution < -0.4 is 5.32 Å². The lowest BCUT2D eigenvalue weighted by Gasteiger charge is -2.41. The number of rotatable bonds is 2. The van der Waals surface area contributed by atoms with Crippen molar-refractivity contribution in [2.24, 2.45) is 5.92 Å². The van der Waals surface area contributed by atoms with Crippen LogP contribution in [0, 0.1) is 11.7 Å². The fraction of sp³-hybridized carbons (Fsp3) is 0.429. The molecule has 7 heteroatoms. The largest absolute Gasteiger partial charge is 0.378 e. The summed E-state index contributed by atoms with van der Waals surface area (Å²) in [5.74, 6) is -1.49. The van der Waals surface area contributed by atoms with Crippen molar-refractivity contribution >= 4 is 27.6 Å². The lowest BCUT2D eigenvalue weighted by atomic mass is 9.71. The van der Waals surface area contributed by atoms with Crippen molar-refractivity contribution in [2.75, 3.05) is 26.3 Å². The summed E-state index contributed by atoms with van der Waals surface area (Å²) in [5, 5.41) is 3.24. The molecule has 3 aliphatic rings. The van der Waals surface area contributed by atoms with Crippen LogP contribution in [0.4, 0.5) is 4.39 Å². The summed E-state index contributed by atoms with van der Waals surface area (Å²) >= 11 is 3.24. The first-order valence-electron chi connectivity index (χ1n) is 9.51. The first-order valence-corrected chi connectivity index (χ1v) is 10.3. The molecule has 1 N–H and O–H groups in total. The summed E-state index contributed by atoms with van der Waals surface area (Å²) < 4.78 is 19.5. The average Bonchev–Trinajstić information content (AvgIpc) is 2.69. The lowest BCUT2D eigenvalue weighted by Crippen LogP contribution is -2.49. The average molecular weight is 449 g/mol. The molecule has 0 bridgehead atoms. The van der Waals surface area contributed by atoms with Crippen molar-refractivity contribution in [1.82, 2.24) is 10.2 Å². The van der Waals surface area contributed by atoms with Gasteiger partial charge in [0.2, 0.25) is 5.91 Å². The van der Waals surface area contributed by atoms with E-state index < -0.39 is 11.8 Å². The molecule has 1 aromatic rings. The number of hydrogen-bond donors (Lipinski definition) is 1. The highest BCUT2D eigenvalue weighted by molar-refractivity contribution is 9.10. The van der Waals surface area contributed by atoms with Gasteiger partial charge < -0.3 is 15.0 Å². The van der Waals surface area contributed by atoms with Gasteiger partial charge in [-0.1, -0.05) is 12.6 Å². The van der Waals surface area contributed by atoms with Crippen molar-refractivity contribution in [2.45, 2.75) is 25.2 Å². The van der Waals surface area contributed by atoms with Gasteiger partial charge in [0.1, 0.15) is 5.82 Å². The molecule has 0 aromatic heterocycles. The minimum absolute atomic E-state index is 0.0477.